The number of hydrogen-bond acceptors (Lipinski definition) is 5. The van der Waals surface area contributed by atoms with Gasteiger partial charge in [-0.1, -0.05) is 0 Å². The lowest BCUT2D eigenvalue weighted by molar-refractivity contribution is 0.296. The van der Waals surface area contributed by atoms with Crippen LogP contribution in [0.1, 0.15) is 11.1 Å². The van der Waals surface area contributed by atoms with Crippen LogP contribution >= 0.6 is 0 Å². The van der Waals surface area contributed by atoms with Crippen LogP contribution in [0.25, 0.3) is 5.65 Å². The maximum absolute atomic E-state index is 11.8. The van der Waals surface area contributed by atoms with Crippen molar-refractivity contribution in [1.29, 1.82) is 5.26 Å². The highest BCUT2D eigenvalue weighted by atomic mass is 16.3. The van der Waals surface area contributed by atoms with Gasteiger partial charge in [0.25, 0.3) is 5.56 Å². The number of aliphatic hydroxyl groups is 1. The van der Waals surface area contributed by atoms with Gasteiger partial charge in [-0.3, -0.25) is 4.79 Å². The monoisotopic (exact) mass is 220 g/mol. The van der Waals surface area contributed by atoms with E-state index in [9.17, 15) is 9.90 Å². The van der Waals surface area contributed by atoms with Gasteiger partial charge in [-0.2, -0.15) is 14.9 Å². The summed E-state index contributed by atoms with van der Waals surface area (Å²) in [6.07, 6.45) is 1.26. The fourth-order valence-electron chi connectivity index (χ4n) is 1.46. The molecule has 0 saturated carbocycles. The summed E-state index contributed by atoms with van der Waals surface area (Å²) in [4.78, 5) is 14.3. The van der Waals surface area contributed by atoms with E-state index in [1.165, 1.54) is 6.20 Å². The highest BCUT2D eigenvalue weighted by molar-refractivity contribution is 5.55. The minimum atomic E-state index is -0.540. The van der Waals surface area contributed by atoms with E-state index < -0.39 is 5.56 Å². The first-order chi connectivity index (χ1) is 7.69. The molecule has 0 aliphatic carbocycles. The fraction of sp³-hybridized carbons (Fsp3) is 0.222. The van der Waals surface area contributed by atoms with Crippen LogP contribution in [0.15, 0.2) is 11.0 Å². The number of nitrogens with zero attached hydrogens (tertiary/aromatic N) is 3. The number of aromatic amines is 1. The van der Waals surface area contributed by atoms with Gasteiger partial charge in [0.1, 0.15) is 11.6 Å². The summed E-state index contributed by atoms with van der Waals surface area (Å²) < 4.78 is 0.989. The Morgan fingerprint density at radius 3 is 3.00 bits per heavy atom. The third-order valence-electron chi connectivity index (χ3n) is 2.22. The fourth-order valence-corrected chi connectivity index (χ4v) is 1.46. The second-order valence-electron chi connectivity index (χ2n) is 3.16. The lowest BCUT2D eigenvalue weighted by Gasteiger charge is -2.02. The van der Waals surface area contributed by atoms with Crippen molar-refractivity contribution in [2.24, 2.45) is 0 Å². The second kappa shape index (κ2) is 3.67. The van der Waals surface area contributed by atoms with Crippen molar-refractivity contribution in [2.45, 2.75) is 6.42 Å². The molecule has 3 N–H and O–H groups in total. The van der Waals surface area contributed by atoms with E-state index in [4.69, 9.17) is 10.4 Å². The van der Waals surface area contributed by atoms with Gasteiger partial charge in [0.05, 0.1) is 11.8 Å². The Labute approximate surface area is 89.2 Å². The van der Waals surface area contributed by atoms with E-state index in [0.717, 1.165) is 4.52 Å². The largest absolute Gasteiger partial charge is 0.494 e. The van der Waals surface area contributed by atoms with Crippen molar-refractivity contribution in [3.63, 3.8) is 0 Å². The Morgan fingerprint density at radius 2 is 2.38 bits per heavy atom. The Kier molecular flexibility index (Phi) is 2.34. The minimum Gasteiger partial charge on any atom is -0.494 e. The lowest BCUT2D eigenvalue weighted by Crippen LogP contribution is -2.20. The number of hydrogen-bond donors (Lipinski definition) is 3. The molecule has 2 aromatic heterocycles. The average molecular weight is 220 g/mol. The highest BCUT2D eigenvalue weighted by Crippen LogP contribution is 2.13. The normalized spacial score (nSPS) is 10.5. The topological polar surface area (TPSA) is 114 Å². The number of nitrogens with one attached hydrogen (secondary N) is 1. The Balaban J connectivity index is 2.81. The predicted octanol–water partition coefficient (Wildman–Crippen LogP) is -0.865. The molecule has 0 radical (unpaired) electrons. The van der Waals surface area contributed by atoms with Gasteiger partial charge in [0, 0.05) is 13.0 Å². The summed E-state index contributed by atoms with van der Waals surface area (Å²) in [5.41, 5.74) is -0.181. The van der Waals surface area contributed by atoms with E-state index in [1.807, 2.05) is 6.07 Å². The third kappa shape index (κ3) is 1.32. The van der Waals surface area contributed by atoms with Crippen molar-refractivity contribution < 1.29 is 10.2 Å². The van der Waals surface area contributed by atoms with Crippen LogP contribution in [-0.4, -0.2) is 31.4 Å². The molecule has 0 saturated heterocycles. The summed E-state index contributed by atoms with van der Waals surface area (Å²) >= 11 is 0. The van der Waals surface area contributed by atoms with Crippen LogP contribution in [0.2, 0.25) is 0 Å². The molecule has 0 aromatic carbocycles. The van der Waals surface area contributed by atoms with Crippen molar-refractivity contribution in [3.8, 4) is 11.9 Å². The maximum atomic E-state index is 11.8. The smallest absolute Gasteiger partial charge is 0.281 e. The summed E-state index contributed by atoms with van der Waals surface area (Å²) in [5.74, 6) is -0.344. The van der Waals surface area contributed by atoms with Crippen molar-refractivity contribution in [3.05, 3.63) is 27.7 Å². The zero-order chi connectivity index (χ0) is 11.7. The summed E-state index contributed by atoms with van der Waals surface area (Å²) in [6.45, 7) is -0.255. The van der Waals surface area contributed by atoms with Crippen molar-refractivity contribution in [2.75, 3.05) is 6.61 Å². The minimum absolute atomic E-state index is 0.0266. The van der Waals surface area contributed by atoms with E-state index >= 15 is 0 Å². The number of aliphatic hydroxyl groups excluding tert-OH is 1. The molecule has 2 aromatic rings. The molecular weight excluding hydrogens is 212 g/mol. The second-order valence-corrected chi connectivity index (χ2v) is 3.16. The van der Waals surface area contributed by atoms with Crippen LogP contribution < -0.4 is 5.56 Å². The summed E-state index contributed by atoms with van der Waals surface area (Å²) in [6, 6.07) is 1.84. The first-order valence-electron chi connectivity index (χ1n) is 4.52. The number of fused-ring (bicyclic) bond motifs is 1. The SMILES string of the molecule is N#Cc1cnn2c(=O)c(CCO)c(O)[nH]c12. The van der Waals surface area contributed by atoms with Crippen molar-refractivity contribution in [1.82, 2.24) is 14.6 Å². The quantitative estimate of drug-likeness (QED) is 0.608. The molecular formula is C9H8N4O3. The molecule has 0 aliphatic heterocycles. The Hall–Kier alpha value is -2.33. The zero-order valence-electron chi connectivity index (χ0n) is 8.14. The summed E-state index contributed by atoms with van der Waals surface area (Å²) in [5, 5.41) is 30.8. The predicted molar refractivity (Wildman–Crippen MR) is 53.0 cm³/mol. The average Bonchev–Trinajstić information content (AvgIpc) is 2.67. The van der Waals surface area contributed by atoms with Crippen LogP contribution in [0.5, 0.6) is 5.88 Å². The molecule has 0 spiro atoms. The molecule has 82 valence electrons. The third-order valence-corrected chi connectivity index (χ3v) is 2.22. The van der Waals surface area contributed by atoms with Gasteiger partial charge in [-0.15, -0.1) is 0 Å². The Bertz CT molecular complexity index is 634. The first kappa shape index (κ1) is 10.2. The highest BCUT2D eigenvalue weighted by Gasteiger charge is 2.14. The molecule has 16 heavy (non-hydrogen) atoms. The number of rotatable bonds is 2. The number of aromatic nitrogens is 3. The van der Waals surface area contributed by atoms with Crippen LogP contribution in [-0.2, 0) is 6.42 Å². The molecule has 0 fully saturated rings. The molecule has 0 bridgehead atoms. The van der Waals surface area contributed by atoms with Crippen LogP contribution in [0, 0.1) is 11.3 Å². The number of nitriles is 1. The molecule has 7 heteroatoms. The van der Waals surface area contributed by atoms with Gasteiger partial charge in [-0.25, -0.2) is 0 Å². The lowest BCUT2D eigenvalue weighted by atomic mass is 10.2. The molecule has 0 amide bonds. The van der Waals surface area contributed by atoms with Gasteiger partial charge in [0.15, 0.2) is 11.5 Å². The van der Waals surface area contributed by atoms with E-state index in [1.54, 1.807) is 0 Å². The van der Waals surface area contributed by atoms with Gasteiger partial charge in [-0.05, 0) is 0 Å². The number of aromatic hydroxyl groups is 1. The standard InChI is InChI=1S/C9H8N4O3/c10-3-5-4-11-13-7(5)12-8(15)6(1-2-14)9(13)16/h4,12,14-15H,1-2H2. The van der Waals surface area contributed by atoms with Crippen LogP contribution in [0.3, 0.4) is 0 Å². The van der Waals surface area contributed by atoms with Crippen LogP contribution in [0.4, 0.5) is 0 Å². The van der Waals surface area contributed by atoms with E-state index in [0.29, 0.717) is 0 Å². The molecule has 0 atom stereocenters. The van der Waals surface area contributed by atoms with Gasteiger partial charge in [0.2, 0.25) is 0 Å². The van der Waals surface area contributed by atoms with Crippen molar-refractivity contribution >= 4 is 5.65 Å². The van der Waals surface area contributed by atoms with E-state index in [-0.39, 0.29) is 35.7 Å². The molecule has 0 unspecified atom stereocenters. The van der Waals surface area contributed by atoms with Gasteiger partial charge >= 0.3 is 0 Å². The first-order valence-corrected chi connectivity index (χ1v) is 4.52. The summed E-state index contributed by atoms with van der Waals surface area (Å²) in [7, 11) is 0. The number of H-pyrrole nitrogens is 1. The van der Waals surface area contributed by atoms with E-state index in [2.05, 4.69) is 10.1 Å². The maximum Gasteiger partial charge on any atom is 0.281 e. The molecule has 2 rings (SSSR count). The Morgan fingerprint density at radius 1 is 1.62 bits per heavy atom. The zero-order valence-corrected chi connectivity index (χ0v) is 8.14. The molecule has 0 aliphatic rings. The molecule has 2 heterocycles. The molecule has 7 nitrogen and oxygen atoms in total. The van der Waals surface area contributed by atoms with Gasteiger partial charge < -0.3 is 15.2 Å².